The van der Waals surface area contributed by atoms with Crippen molar-refractivity contribution in [2.45, 2.75) is 6.92 Å². The van der Waals surface area contributed by atoms with E-state index in [0.29, 0.717) is 0 Å². The molecule has 1 heterocycles. The predicted octanol–water partition coefficient (Wildman–Crippen LogP) is 2.84. The summed E-state index contributed by atoms with van der Waals surface area (Å²) in [5.74, 6) is 0. The van der Waals surface area contributed by atoms with Crippen molar-refractivity contribution in [2.24, 2.45) is 0 Å². The van der Waals surface area contributed by atoms with Crippen molar-refractivity contribution in [3.63, 3.8) is 0 Å². The molecule has 0 radical (unpaired) electrons. The van der Waals surface area contributed by atoms with Crippen molar-refractivity contribution >= 4 is 17.6 Å². The Labute approximate surface area is 89.0 Å². The molecule has 0 saturated heterocycles. The summed E-state index contributed by atoms with van der Waals surface area (Å²) in [6, 6.07) is 7.80. The van der Waals surface area contributed by atoms with Crippen LogP contribution in [-0.2, 0) is 0 Å². The summed E-state index contributed by atoms with van der Waals surface area (Å²) in [6.07, 6.45) is 5.84. The van der Waals surface area contributed by atoms with Crippen LogP contribution in [0.3, 0.4) is 0 Å². The summed E-state index contributed by atoms with van der Waals surface area (Å²) >= 11 is 1.58. The van der Waals surface area contributed by atoms with Crippen LogP contribution in [0.5, 0.6) is 0 Å². The van der Waals surface area contributed by atoms with E-state index in [2.05, 4.69) is 4.72 Å². The maximum atomic E-state index is 5.52. The molecule has 1 aromatic rings. The number of rotatable bonds is 0. The third-order valence-corrected chi connectivity index (χ3v) is 2.24. The lowest BCUT2D eigenvalue weighted by Crippen LogP contribution is -1.88. The quantitative estimate of drug-likeness (QED) is 0.506. The second-order valence-electron chi connectivity index (χ2n) is 2.78. The molecule has 1 aromatic carbocycles. The topological polar surface area (TPSA) is 38.0 Å². The van der Waals surface area contributed by atoms with Gasteiger partial charge in [0, 0.05) is 11.9 Å². The zero-order chi connectivity index (χ0) is 10.2. The summed E-state index contributed by atoms with van der Waals surface area (Å²) in [5.41, 5.74) is 7.53. The van der Waals surface area contributed by atoms with Crippen molar-refractivity contribution in [1.29, 1.82) is 0 Å². The third-order valence-electron chi connectivity index (χ3n) is 1.68. The minimum Gasteiger partial charge on any atom is -0.399 e. The van der Waals surface area contributed by atoms with Crippen LogP contribution in [0.1, 0.15) is 5.56 Å². The highest BCUT2D eigenvalue weighted by molar-refractivity contribution is 8.00. The Kier molecular flexibility index (Phi) is 4.72. The molecule has 2 rings (SSSR count). The molecule has 1 aliphatic heterocycles. The van der Waals surface area contributed by atoms with Gasteiger partial charge in [0.2, 0.25) is 0 Å². The molecule has 74 valence electrons. The van der Waals surface area contributed by atoms with Gasteiger partial charge in [0.25, 0.3) is 0 Å². The molecular weight excluding hydrogens is 192 g/mol. The van der Waals surface area contributed by atoms with Crippen molar-refractivity contribution in [3.05, 3.63) is 53.6 Å². The molecule has 0 atom stereocenters. The molecule has 14 heavy (non-hydrogen) atoms. The van der Waals surface area contributed by atoms with Gasteiger partial charge < -0.3 is 10.5 Å². The highest BCUT2D eigenvalue weighted by atomic mass is 32.2. The molecule has 0 aliphatic carbocycles. The summed E-state index contributed by atoms with van der Waals surface area (Å²) in [5, 5.41) is 1.99. The standard InChI is InChI=1S/C7H9N.C4H5NS/c1-6-4-2-3-5-7(6)8;1-2-4-6-5-3-1/h2-5H,8H2,1H3;1-5H. The first-order chi connectivity index (χ1) is 6.80. The average molecular weight is 206 g/mol. The van der Waals surface area contributed by atoms with Gasteiger partial charge in [-0.05, 0) is 42.0 Å². The monoisotopic (exact) mass is 206 g/mol. The van der Waals surface area contributed by atoms with Crippen LogP contribution in [0.2, 0.25) is 0 Å². The maximum absolute atomic E-state index is 5.52. The fourth-order valence-electron chi connectivity index (χ4n) is 0.845. The Morgan fingerprint density at radius 2 is 2.00 bits per heavy atom. The first kappa shape index (κ1) is 10.7. The Balaban J connectivity index is 0.000000146. The van der Waals surface area contributed by atoms with E-state index in [9.17, 15) is 0 Å². The van der Waals surface area contributed by atoms with Crippen LogP contribution in [0.25, 0.3) is 0 Å². The van der Waals surface area contributed by atoms with E-state index in [1.165, 1.54) is 0 Å². The van der Waals surface area contributed by atoms with Gasteiger partial charge in [0.1, 0.15) is 0 Å². The largest absolute Gasteiger partial charge is 0.399 e. The normalized spacial score (nSPS) is 12.6. The molecule has 0 amide bonds. The van der Waals surface area contributed by atoms with E-state index in [1.54, 1.807) is 11.9 Å². The minimum atomic E-state index is 0.868. The number of allylic oxidation sites excluding steroid dienone is 2. The third kappa shape index (κ3) is 4.05. The van der Waals surface area contributed by atoms with E-state index in [0.717, 1.165) is 11.3 Å². The van der Waals surface area contributed by atoms with Gasteiger partial charge >= 0.3 is 0 Å². The van der Waals surface area contributed by atoms with Crippen LogP contribution < -0.4 is 10.5 Å². The van der Waals surface area contributed by atoms with Crippen molar-refractivity contribution in [2.75, 3.05) is 5.73 Å². The first-order valence-electron chi connectivity index (χ1n) is 4.34. The van der Waals surface area contributed by atoms with Gasteiger partial charge in [-0.2, -0.15) is 0 Å². The number of benzene rings is 1. The Hall–Kier alpha value is -1.35. The number of nitrogens with one attached hydrogen (secondary N) is 1. The first-order valence-corrected chi connectivity index (χ1v) is 5.22. The minimum absolute atomic E-state index is 0.868. The molecule has 3 heteroatoms. The SMILES string of the molecule is C1=CNSC=C1.Cc1ccccc1N. The van der Waals surface area contributed by atoms with Gasteiger partial charge in [-0.1, -0.05) is 24.3 Å². The van der Waals surface area contributed by atoms with E-state index in [-0.39, 0.29) is 0 Å². The van der Waals surface area contributed by atoms with E-state index < -0.39 is 0 Å². The molecule has 0 bridgehead atoms. The highest BCUT2D eigenvalue weighted by Gasteiger charge is 1.84. The lowest BCUT2D eigenvalue weighted by molar-refractivity contribution is 1.42. The lowest BCUT2D eigenvalue weighted by Gasteiger charge is -1.93. The number of anilines is 1. The number of hydrogen-bond acceptors (Lipinski definition) is 3. The van der Waals surface area contributed by atoms with Gasteiger partial charge in [-0.15, -0.1) is 0 Å². The van der Waals surface area contributed by atoms with Crippen LogP contribution in [0.4, 0.5) is 5.69 Å². The molecule has 2 nitrogen and oxygen atoms in total. The molecule has 0 spiro atoms. The van der Waals surface area contributed by atoms with Gasteiger partial charge in [0.15, 0.2) is 0 Å². The van der Waals surface area contributed by atoms with Crippen LogP contribution in [0, 0.1) is 6.92 Å². The van der Waals surface area contributed by atoms with Crippen LogP contribution in [-0.4, -0.2) is 0 Å². The molecule has 0 saturated carbocycles. The number of para-hydroxylation sites is 1. The fourth-order valence-corrected chi connectivity index (χ4v) is 1.25. The van der Waals surface area contributed by atoms with Crippen molar-refractivity contribution in [3.8, 4) is 0 Å². The van der Waals surface area contributed by atoms with Crippen LogP contribution >= 0.6 is 11.9 Å². The highest BCUT2D eigenvalue weighted by Crippen LogP contribution is 2.06. The maximum Gasteiger partial charge on any atom is 0.0343 e. The van der Waals surface area contributed by atoms with Crippen molar-refractivity contribution in [1.82, 2.24) is 4.72 Å². The van der Waals surface area contributed by atoms with Crippen molar-refractivity contribution < 1.29 is 0 Å². The number of aryl methyl sites for hydroxylation is 1. The summed E-state index contributed by atoms with van der Waals surface area (Å²) in [6.45, 7) is 2.00. The molecule has 0 unspecified atom stereocenters. The molecule has 1 aliphatic rings. The average Bonchev–Trinajstić information content (AvgIpc) is 2.26. The molecular formula is C11H14N2S. The van der Waals surface area contributed by atoms with Gasteiger partial charge in [0.05, 0.1) is 0 Å². The second-order valence-corrected chi connectivity index (χ2v) is 3.52. The van der Waals surface area contributed by atoms with Crippen LogP contribution in [0.15, 0.2) is 48.0 Å². The summed E-state index contributed by atoms with van der Waals surface area (Å²) in [7, 11) is 0. The number of nitrogen functional groups attached to an aromatic ring is 1. The predicted molar refractivity (Wildman–Crippen MR) is 64.6 cm³/mol. The second kappa shape index (κ2) is 6.16. The van der Waals surface area contributed by atoms with E-state index >= 15 is 0 Å². The van der Waals surface area contributed by atoms with Gasteiger partial charge in [-0.3, -0.25) is 0 Å². The molecule has 0 fully saturated rings. The lowest BCUT2D eigenvalue weighted by atomic mass is 10.2. The zero-order valence-corrected chi connectivity index (χ0v) is 8.92. The Bertz CT molecular complexity index is 299. The van der Waals surface area contributed by atoms with Gasteiger partial charge in [-0.25, -0.2) is 0 Å². The number of hydrogen-bond donors (Lipinski definition) is 2. The fraction of sp³-hybridized carbons (Fsp3) is 0.0909. The number of nitrogens with two attached hydrogens (primary N) is 1. The Morgan fingerprint density at radius 3 is 2.29 bits per heavy atom. The molecule has 0 aromatic heterocycles. The summed E-state index contributed by atoms with van der Waals surface area (Å²) < 4.78 is 2.93. The Morgan fingerprint density at radius 1 is 1.21 bits per heavy atom. The smallest absolute Gasteiger partial charge is 0.0343 e. The van der Waals surface area contributed by atoms with E-state index in [4.69, 9.17) is 5.73 Å². The summed E-state index contributed by atoms with van der Waals surface area (Å²) in [4.78, 5) is 0. The molecule has 3 N–H and O–H groups in total. The van der Waals surface area contributed by atoms with E-state index in [1.807, 2.05) is 54.9 Å². The zero-order valence-electron chi connectivity index (χ0n) is 8.10.